The fourth-order valence-electron chi connectivity index (χ4n) is 1.89. The van der Waals surface area contributed by atoms with E-state index in [9.17, 15) is 13.2 Å². The molecule has 4 nitrogen and oxygen atoms in total. The van der Waals surface area contributed by atoms with Crippen molar-refractivity contribution in [3.63, 3.8) is 0 Å². The lowest BCUT2D eigenvalue weighted by molar-refractivity contribution is 0.0988. The standard InChI is InChI=1S/C15H17NO3S2/c1-2-15(17)12-5-3-7-14(11-12)21(18,19)16-9-8-13-6-4-10-20-13/h3-7,10-11,16H,2,8-9H2,1H3. The van der Waals surface area contributed by atoms with Crippen LogP contribution in [0.5, 0.6) is 0 Å². The van der Waals surface area contributed by atoms with Crippen LogP contribution in [0.25, 0.3) is 0 Å². The van der Waals surface area contributed by atoms with E-state index in [1.165, 1.54) is 12.1 Å². The molecule has 0 aliphatic heterocycles. The van der Waals surface area contributed by atoms with Gasteiger partial charge in [-0.05, 0) is 30.0 Å². The van der Waals surface area contributed by atoms with Crippen molar-refractivity contribution >= 4 is 27.1 Å². The van der Waals surface area contributed by atoms with Gasteiger partial charge in [0.2, 0.25) is 10.0 Å². The Balaban J connectivity index is 2.06. The van der Waals surface area contributed by atoms with Crippen molar-refractivity contribution in [2.75, 3.05) is 6.54 Å². The maximum atomic E-state index is 12.2. The van der Waals surface area contributed by atoms with Crippen LogP contribution in [0.15, 0.2) is 46.7 Å². The molecule has 0 bridgehead atoms. The van der Waals surface area contributed by atoms with Gasteiger partial charge in [0.1, 0.15) is 0 Å². The SMILES string of the molecule is CCC(=O)c1cccc(S(=O)(=O)NCCc2cccs2)c1. The first-order valence-electron chi connectivity index (χ1n) is 6.68. The van der Waals surface area contributed by atoms with Gasteiger partial charge in [0, 0.05) is 23.4 Å². The zero-order valence-electron chi connectivity index (χ0n) is 11.7. The number of hydrogen-bond acceptors (Lipinski definition) is 4. The highest BCUT2D eigenvalue weighted by Crippen LogP contribution is 2.14. The van der Waals surface area contributed by atoms with Crippen LogP contribution in [0.3, 0.4) is 0 Å². The molecule has 2 rings (SSSR count). The lowest BCUT2D eigenvalue weighted by Crippen LogP contribution is -2.26. The van der Waals surface area contributed by atoms with Crippen LogP contribution >= 0.6 is 11.3 Å². The molecule has 0 saturated carbocycles. The third-order valence-corrected chi connectivity index (χ3v) is 5.43. The molecule has 0 unspecified atom stereocenters. The van der Waals surface area contributed by atoms with Gasteiger partial charge >= 0.3 is 0 Å². The summed E-state index contributed by atoms with van der Waals surface area (Å²) in [4.78, 5) is 12.9. The predicted octanol–water partition coefficient (Wildman–Crippen LogP) is 2.86. The lowest BCUT2D eigenvalue weighted by atomic mass is 10.1. The number of carbonyl (C=O) groups excluding carboxylic acids is 1. The Hall–Kier alpha value is -1.50. The first-order valence-corrected chi connectivity index (χ1v) is 9.04. The second kappa shape index (κ2) is 6.98. The summed E-state index contributed by atoms with van der Waals surface area (Å²) in [7, 11) is -3.58. The Labute approximate surface area is 128 Å². The summed E-state index contributed by atoms with van der Waals surface area (Å²) < 4.78 is 27.0. The number of Topliss-reactive ketones (excluding diaryl/α,β-unsaturated/α-hetero) is 1. The van der Waals surface area contributed by atoms with Gasteiger partial charge in [-0.3, -0.25) is 4.79 Å². The largest absolute Gasteiger partial charge is 0.294 e. The van der Waals surface area contributed by atoms with Gasteiger partial charge in [-0.1, -0.05) is 25.1 Å². The average molecular weight is 323 g/mol. The van der Waals surface area contributed by atoms with E-state index in [1.54, 1.807) is 30.4 Å². The molecule has 21 heavy (non-hydrogen) atoms. The summed E-state index contributed by atoms with van der Waals surface area (Å²) in [6.45, 7) is 2.09. The van der Waals surface area contributed by atoms with Gasteiger partial charge in [0.25, 0.3) is 0 Å². The third-order valence-electron chi connectivity index (χ3n) is 3.03. The first-order chi connectivity index (χ1) is 10.0. The fraction of sp³-hybridized carbons (Fsp3) is 0.267. The predicted molar refractivity (Wildman–Crippen MR) is 84.3 cm³/mol. The minimum atomic E-state index is -3.58. The highest BCUT2D eigenvalue weighted by Gasteiger charge is 2.15. The molecule has 0 aliphatic rings. The Bertz CT molecular complexity index is 706. The smallest absolute Gasteiger partial charge is 0.240 e. The number of nitrogens with one attached hydrogen (secondary N) is 1. The summed E-state index contributed by atoms with van der Waals surface area (Å²) in [6, 6.07) is 10.1. The van der Waals surface area contributed by atoms with Crippen molar-refractivity contribution in [2.24, 2.45) is 0 Å². The van der Waals surface area contributed by atoms with E-state index in [-0.39, 0.29) is 10.7 Å². The summed E-state index contributed by atoms with van der Waals surface area (Å²) in [5.74, 6) is -0.0642. The van der Waals surface area contributed by atoms with Gasteiger partial charge in [-0.2, -0.15) is 0 Å². The molecule has 0 fully saturated rings. The van der Waals surface area contributed by atoms with Crippen LogP contribution in [0.2, 0.25) is 0 Å². The van der Waals surface area contributed by atoms with Gasteiger partial charge < -0.3 is 0 Å². The molecule has 6 heteroatoms. The maximum Gasteiger partial charge on any atom is 0.240 e. The normalized spacial score (nSPS) is 11.5. The van der Waals surface area contributed by atoms with Crippen LogP contribution in [0.4, 0.5) is 0 Å². The second-order valence-corrected chi connectivity index (χ2v) is 7.33. The van der Waals surface area contributed by atoms with Gasteiger partial charge in [-0.15, -0.1) is 11.3 Å². The van der Waals surface area contributed by atoms with Crippen molar-refractivity contribution < 1.29 is 13.2 Å². The second-order valence-electron chi connectivity index (χ2n) is 4.53. The van der Waals surface area contributed by atoms with E-state index >= 15 is 0 Å². The first kappa shape index (κ1) is 15.9. The Kier molecular flexibility index (Phi) is 5.27. The maximum absolute atomic E-state index is 12.2. The number of sulfonamides is 1. The molecule has 0 atom stereocenters. The molecule has 112 valence electrons. The minimum absolute atomic E-state index is 0.0642. The fourth-order valence-corrected chi connectivity index (χ4v) is 3.67. The summed E-state index contributed by atoms with van der Waals surface area (Å²) in [5, 5.41) is 1.96. The van der Waals surface area contributed by atoms with Crippen molar-refractivity contribution in [3.8, 4) is 0 Å². The molecule has 0 radical (unpaired) electrons. The van der Waals surface area contributed by atoms with Gasteiger partial charge in [-0.25, -0.2) is 13.1 Å². The molecule has 2 aromatic rings. The van der Waals surface area contributed by atoms with E-state index in [0.29, 0.717) is 24.9 Å². The van der Waals surface area contributed by atoms with Crippen molar-refractivity contribution in [3.05, 3.63) is 52.2 Å². The molecule has 1 aromatic carbocycles. The Morgan fingerprint density at radius 3 is 2.71 bits per heavy atom. The summed E-state index contributed by atoms with van der Waals surface area (Å²) >= 11 is 1.60. The van der Waals surface area contributed by atoms with Crippen LogP contribution in [0.1, 0.15) is 28.6 Å². The lowest BCUT2D eigenvalue weighted by Gasteiger charge is -2.07. The van der Waals surface area contributed by atoms with E-state index in [4.69, 9.17) is 0 Å². The minimum Gasteiger partial charge on any atom is -0.294 e. The number of benzene rings is 1. The molecule has 0 saturated heterocycles. The highest BCUT2D eigenvalue weighted by molar-refractivity contribution is 7.89. The molecular formula is C15H17NO3S2. The molecule has 0 amide bonds. The van der Waals surface area contributed by atoms with Gasteiger partial charge in [0.15, 0.2) is 5.78 Å². The van der Waals surface area contributed by atoms with Crippen LogP contribution < -0.4 is 4.72 Å². The van der Waals surface area contributed by atoms with Crippen LogP contribution in [-0.2, 0) is 16.4 Å². The van der Waals surface area contributed by atoms with Crippen molar-refractivity contribution in [1.82, 2.24) is 4.72 Å². The molecular weight excluding hydrogens is 306 g/mol. The zero-order chi connectivity index (χ0) is 15.3. The summed E-state index contributed by atoms with van der Waals surface area (Å²) in [5.41, 5.74) is 0.429. The van der Waals surface area contributed by atoms with Gasteiger partial charge in [0.05, 0.1) is 4.90 Å². The van der Waals surface area contributed by atoms with Crippen molar-refractivity contribution in [2.45, 2.75) is 24.7 Å². The molecule has 0 spiro atoms. The van der Waals surface area contributed by atoms with Crippen LogP contribution in [-0.4, -0.2) is 20.7 Å². The zero-order valence-corrected chi connectivity index (χ0v) is 13.3. The van der Waals surface area contributed by atoms with Crippen LogP contribution in [0, 0.1) is 0 Å². The molecule has 1 N–H and O–H groups in total. The monoisotopic (exact) mass is 323 g/mol. The quantitative estimate of drug-likeness (QED) is 0.797. The number of ketones is 1. The topological polar surface area (TPSA) is 63.2 Å². The molecule has 1 aromatic heterocycles. The Morgan fingerprint density at radius 2 is 2.05 bits per heavy atom. The van der Waals surface area contributed by atoms with E-state index in [2.05, 4.69) is 4.72 Å². The van der Waals surface area contributed by atoms with Crippen molar-refractivity contribution in [1.29, 1.82) is 0 Å². The third kappa shape index (κ3) is 4.23. The number of rotatable bonds is 7. The number of thiophene rings is 1. The van der Waals surface area contributed by atoms with E-state index in [0.717, 1.165) is 4.88 Å². The number of carbonyl (C=O) groups is 1. The van der Waals surface area contributed by atoms with E-state index < -0.39 is 10.0 Å². The molecule has 0 aliphatic carbocycles. The average Bonchev–Trinajstić information content (AvgIpc) is 2.99. The highest BCUT2D eigenvalue weighted by atomic mass is 32.2. The van der Waals surface area contributed by atoms with E-state index in [1.807, 2.05) is 17.5 Å². The Morgan fingerprint density at radius 1 is 1.24 bits per heavy atom. The summed E-state index contributed by atoms with van der Waals surface area (Å²) in [6.07, 6.45) is 1.01. The number of hydrogen-bond donors (Lipinski definition) is 1. The molecule has 1 heterocycles.